The number of amides is 1. The van der Waals surface area contributed by atoms with E-state index in [0.717, 1.165) is 11.3 Å². The van der Waals surface area contributed by atoms with Crippen LogP contribution in [0.4, 0.5) is 10.1 Å². The maximum Gasteiger partial charge on any atom is 0.277 e. The van der Waals surface area contributed by atoms with Crippen molar-refractivity contribution in [3.8, 4) is 11.3 Å². The molecule has 1 N–H and O–H groups in total. The summed E-state index contributed by atoms with van der Waals surface area (Å²) in [6.07, 6.45) is 0. The standard InChI is InChI=1S/C22H18ClFN4O2/c1-13-21(14(2)28(26-13)12-15-3-7-17(23)8-4-15)25-22(29)19-11-20(30-27-19)16-5-9-18(24)10-6-16/h3-11H,12H2,1-2H3,(H,25,29). The molecule has 0 aliphatic heterocycles. The molecule has 1 amide bonds. The van der Waals surface area contributed by atoms with Crippen LogP contribution >= 0.6 is 11.6 Å². The summed E-state index contributed by atoms with van der Waals surface area (Å²) in [5.41, 5.74) is 3.93. The SMILES string of the molecule is Cc1nn(Cc2ccc(Cl)cc2)c(C)c1NC(=O)c1cc(-c2ccc(F)cc2)on1. The van der Waals surface area contributed by atoms with Gasteiger partial charge < -0.3 is 9.84 Å². The van der Waals surface area contributed by atoms with E-state index in [9.17, 15) is 9.18 Å². The van der Waals surface area contributed by atoms with Crippen LogP contribution in [-0.2, 0) is 6.54 Å². The highest BCUT2D eigenvalue weighted by Crippen LogP contribution is 2.24. The summed E-state index contributed by atoms with van der Waals surface area (Å²) >= 11 is 5.94. The monoisotopic (exact) mass is 424 g/mol. The summed E-state index contributed by atoms with van der Waals surface area (Å²) in [7, 11) is 0. The summed E-state index contributed by atoms with van der Waals surface area (Å²) < 4.78 is 20.1. The second kappa shape index (κ2) is 8.12. The molecule has 0 aliphatic rings. The molecule has 0 radical (unpaired) electrons. The fourth-order valence-electron chi connectivity index (χ4n) is 3.10. The molecular weight excluding hydrogens is 407 g/mol. The Labute approximate surface area is 177 Å². The van der Waals surface area contributed by atoms with Crippen molar-refractivity contribution in [2.75, 3.05) is 5.32 Å². The maximum atomic E-state index is 13.1. The lowest BCUT2D eigenvalue weighted by Crippen LogP contribution is -2.13. The van der Waals surface area contributed by atoms with E-state index in [-0.39, 0.29) is 11.5 Å². The van der Waals surface area contributed by atoms with Crippen molar-refractivity contribution in [1.29, 1.82) is 0 Å². The minimum atomic E-state index is -0.413. The van der Waals surface area contributed by atoms with E-state index in [4.69, 9.17) is 16.1 Å². The molecule has 0 fully saturated rings. The van der Waals surface area contributed by atoms with Gasteiger partial charge in [0.05, 0.1) is 23.6 Å². The molecule has 2 aromatic heterocycles. The molecule has 4 aromatic rings. The number of hydrogen-bond donors (Lipinski definition) is 1. The van der Waals surface area contributed by atoms with Crippen molar-refractivity contribution in [2.45, 2.75) is 20.4 Å². The van der Waals surface area contributed by atoms with Crippen molar-refractivity contribution in [2.24, 2.45) is 0 Å². The number of anilines is 1. The number of rotatable bonds is 5. The first-order valence-corrected chi connectivity index (χ1v) is 9.61. The molecule has 2 heterocycles. The third-order valence-electron chi connectivity index (χ3n) is 4.74. The lowest BCUT2D eigenvalue weighted by Gasteiger charge is -2.06. The number of halogens is 2. The van der Waals surface area contributed by atoms with E-state index >= 15 is 0 Å². The quantitative estimate of drug-likeness (QED) is 0.475. The predicted octanol–water partition coefficient (Wildman–Crippen LogP) is 5.25. The van der Waals surface area contributed by atoms with Crippen LogP contribution in [0.2, 0.25) is 5.02 Å². The first-order valence-electron chi connectivity index (χ1n) is 9.23. The smallest absolute Gasteiger partial charge is 0.277 e. The molecule has 4 rings (SSSR count). The van der Waals surface area contributed by atoms with E-state index < -0.39 is 5.91 Å². The second-order valence-electron chi connectivity index (χ2n) is 6.87. The zero-order valence-electron chi connectivity index (χ0n) is 16.3. The number of aryl methyl sites for hydroxylation is 1. The van der Waals surface area contributed by atoms with Crippen molar-refractivity contribution in [1.82, 2.24) is 14.9 Å². The fraction of sp³-hybridized carbons (Fsp3) is 0.136. The van der Waals surface area contributed by atoms with Crippen LogP contribution < -0.4 is 5.32 Å². The molecule has 0 atom stereocenters. The highest BCUT2D eigenvalue weighted by atomic mass is 35.5. The van der Waals surface area contributed by atoms with Gasteiger partial charge in [-0.25, -0.2) is 4.39 Å². The Hall–Kier alpha value is -3.45. The average Bonchev–Trinajstić information content (AvgIpc) is 3.32. The highest BCUT2D eigenvalue weighted by Gasteiger charge is 2.19. The summed E-state index contributed by atoms with van der Waals surface area (Å²) in [6.45, 7) is 4.27. The van der Waals surface area contributed by atoms with Gasteiger partial charge in [0.15, 0.2) is 11.5 Å². The van der Waals surface area contributed by atoms with Gasteiger partial charge in [0, 0.05) is 16.7 Å². The van der Waals surface area contributed by atoms with Gasteiger partial charge in [-0.1, -0.05) is 28.9 Å². The summed E-state index contributed by atoms with van der Waals surface area (Å²) in [4.78, 5) is 12.7. The van der Waals surface area contributed by atoms with Crippen molar-refractivity contribution < 1.29 is 13.7 Å². The summed E-state index contributed by atoms with van der Waals surface area (Å²) in [5.74, 6) is -0.380. The van der Waals surface area contributed by atoms with Gasteiger partial charge in [-0.3, -0.25) is 9.48 Å². The van der Waals surface area contributed by atoms with Crippen LogP contribution in [0.15, 0.2) is 59.1 Å². The summed E-state index contributed by atoms with van der Waals surface area (Å²) in [5, 5.41) is 11.9. The topological polar surface area (TPSA) is 73.0 Å². The van der Waals surface area contributed by atoms with Gasteiger partial charge in [0.1, 0.15) is 5.82 Å². The minimum Gasteiger partial charge on any atom is -0.355 e. The molecule has 8 heteroatoms. The molecule has 0 unspecified atom stereocenters. The zero-order chi connectivity index (χ0) is 21.3. The number of aromatic nitrogens is 3. The van der Waals surface area contributed by atoms with Crippen LogP contribution in [0.3, 0.4) is 0 Å². The Morgan fingerprint density at radius 2 is 1.83 bits per heavy atom. The number of benzene rings is 2. The average molecular weight is 425 g/mol. The number of carbonyl (C=O) groups is 1. The first-order chi connectivity index (χ1) is 14.4. The van der Waals surface area contributed by atoms with Crippen LogP contribution in [0.25, 0.3) is 11.3 Å². The molecule has 0 aliphatic carbocycles. The van der Waals surface area contributed by atoms with Crippen LogP contribution in [0.5, 0.6) is 0 Å². The third kappa shape index (κ3) is 4.11. The molecule has 6 nitrogen and oxygen atoms in total. The molecule has 30 heavy (non-hydrogen) atoms. The molecule has 152 valence electrons. The van der Waals surface area contributed by atoms with Crippen LogP contribution in [0.1, 0.15) is 27.4 Å². The van der Waals surface area contributed by atoms with Gasteiger partial charge in [0.25, 0.3) is 5.91 Å². The molecular formula is C22H18ClFN4O2. The number of hydrogen-bond acceptors (Lipinski definition) is 4. The zero-order valence-corrected chi connectivity index (χ0v) is 17.1. The third-order valence-corrected chi connectivity index (χ3v) is 4.99. The van der Waals surface area contributed by atoms with Gasteiger partial charge >= 0.3 is 0 Å². The normalized spacial score (nSPS) is 10.9. The Balaban J connectivity index is 1.51. The second-order valence-corrected chi connectivity index (χ2v) is 7.30. The van der Waals surface area contributed by atoms with Gasteiger partial charge in [-0.15, -0.1) is 0 Å². The molecule has 0 saturated heterocycles. The largest absolute Gasteiger partial charge is 0.355 e. The first kappa shape index (κ1) is 19.8. The molecule has 0 bridgehead atoms. The van der Waals surface area contributed by atoms with Crippen LogP contribution in [-0.4, -0.2) is 20.8 Å². The Morgan fingerprint density at radius 3 is 2.53 bits per heavy atom. The lowest BCUT2D eigenvalue weighted by atomic mass is 10.1. The maximum absolute atomic E-state index is 13.1. The fourth-order valence-corrected chi connectivity index (χ4v) is 3.23. The number of carbonyl (C=O) groups excluding carboxylic acids is 1. The Bertz CT molecular complexity index is 1200. The van der Waals surface area contributed by atoms with Crippen molar-refractivity contribution in [3.63, 3.8) is 0 Å². The molecule has 2 aromatic carbocycles. The molecule has 0 saturated carbocycles. The predicted molar refractivity (Wildman–Crippen MR) is 112 cm³/mol. The number of nitrogens with one attached hydrogen (secondary N) is 1. The van der Waals surface area contributed by atoms with Gasteiger partial charge in [0.2, 0.25) is 0 Å². The van der Waals surface area contributed by atoms with E-state index in [1.165, 1.54) is 18.2 Å². The van der Waals surface area contributed by atoms with E-state index in [0.29, 0.717) is 34.3 Å². The summed E-state index contributed by atoms with van der Waals surface area (Å²) in [6, 6.07) is 14.8. The van der Waals surface area contributed by atoms with Gasteiger partial charge in [-0.2, -0.15) is 5.10 Å². The van der Waals surface area contributed by atoms with Gasteiger partial charge in [-0.05, 0) is 55.8 Å². The lowest BCUT2D eigenvalue weighted by molar-refractivity contribution is 0.101. The Morgan fingerprint density at radius 1 is 1.13 bits per heavy atom. The Kier molecular flexibility index (Phi) is 5.37. The van der Waals surface area contributed by atoms with E-state index in [2.05, 4.69) is 15.6 Å². The van der Waals surface area contributed by atoms with Crippen molar-refractivity contribution >= 4 is 23.2 Å². The molecule has 0 spiro atoms. The minimum absolute atomic E-state index is 0.124. The van der Waals surface area contributed by atoms with Crippen molar-refractivity contribution in [3.05, 3.63) is 88.1 Å². The van der Waals surface area contributed by atoms with Crippen LogP contribution in [0, 0.1) is 19.7 Å². The number of nitrogens with zero attached hydrogens (tertiary/aromatic N) is 3. The van der Waals surface area contributed by atoms with E-state index in [1.54, 1.807) is 12.1 Å². The van der Waals surface area contributed by atoms with E-state index in [1.807, 2.05) is 42.8 Å². The highest BCUT2D eigenvalue weighted by molar-refractivity contribution is 6.30.